The van der Waals surface area contributed by atoms with E-state index >= 15 is 0 Å². The molecule has 2 unspecified atom stereocenters. The molecular weight excluding hydrogens is 236 g/mol. The van der Waals surface area contributed by atoms with Crippen LogP contribution in [-0.4, -0.2) is 49.3 Å². The van der Waals surface area contributed by atoms with Crippen LogP contribution in [0, 0.1) is 11.3 Å². The van der Waals surface area contributed by atoms with E-state index in [1.165, 1.54) is 38.8 Å². The molecule has 2 atom stereocenters. The maximum atomic E-state index is 5.54. The van der Waals surface area contributed by atoms with Gasteiger partial charge in [-0.1, -0.05) is 6.92 Å². The molecule has 110 valence electrons. The molecule has 3 heteroatoms. The normalized spacial score (nSPS) is 40.3. The molecular formula is C16H30N2O. The number of nitrogens with zero attached hydrogens (tertiary/aromatic N) is 1. The summed E-state index contributed by atoms with van der Waals surface area (Å²) in [6.45, 7) is 12.8. The van der Waals surface area contributed by atoms with Crippen LogP contribution in [0.15, 0.2) is 0 Å². The number of hydrogen-bond acceptors (Lipinski definition) is 3. The molecule has 0 amide bonds. The van der Waals surface area contributed by atoms with Gasteiger partial charge in [0, 0.05) is 44.4 Å². The van der Waals surface area contributed by atoms with Crippen LogP contribution in [0.3, 0.4) is 0 Å². The summed E-state index contributed by atoms with van der Waals surface area (Å²) in [5.41, 5.74) is 0.836. The van der Waals surface area contributed by atoms with E-state index in [0.717, 1.165) is 25.7 Å². The van der Waals surface area contributed by atoms with Crippen molar-refractivity contribution < 1.29 is 4.74 Å². The predicted molar refractivity (Wildman–Crippen MR) is 78.3 cm³/mol. The van der Waals surface area contributed by atoms with Crippen molar-refractivity contribution in [2.75, 3.05) is 32.8 Å². The minimum Gasteiger partial charge on any atom is -0.381 e. The van der Waals surface area contributed by atoms with Gasteiger partial charge in [0.2, 0.25) is 0 Å². The van der Waals surface area contributed by atoms with Crippen LogP contribution in [0.2, 0.25) is 0 Å². The summed E-state index contributed by atoms with van der Waals surface area (Å²) < 4.78 is 5.54. The minimum atomic E-state index is 0.369. The molecule has 3 aliphatic rings. The molecule has 0 aromatic carbocycles. The lowest BCUT2D eigenvalue weighted by Crippen LogP contribution is -2.64. The molecule has 2 saturated heterocycles. The molecule has 19 heavy (non-hydrogen) atoms. The van der Waals surface area contributed by atoms with Crippen molar-refractivity contribution in [3.8, 4) is 0 Å². The first-order valence-electron chi connectivity index (χ1n) is 8.08. The average molecular weight is 266 g/mol. The van der Waals surface area contributed by atoms with Gasteiger partial charge in [0.1, 0.15) is 0 Å². The van der Waals surface area contributed by atoms with Crippen LogP contribution in [0.4, 0.5) is 0 Å². The Balaban J connectivity index is 1.64. The lowest BCUT2D eigenvalue weighted by Gasteiger charge is -2.49. The Morgan fingerprint density at radius 3 is 2.53 bits per heavy atom. The van der Waals surface area contributed by atoms with Crippen LogP contribution < -0.4 is 5.32 Å². The number of hydrogen-bond donors (Lipinski definition) is 1. The molecule has 3 fully saturated rings. The van der Waals surface area contributed by atoms with E-state index < -0.39 is 0 Å². The summed E-state index contributed by atoms with van der Waals surface area (Å²) in [7, 11) is 0. The van der Waals surface area contributed by atoms with Crippen LogP contribution in [-0.2, 0) is 4.74 Å². The molecule has 0 aromatic rings. The average Bonchev–Trinajstić information content (AvgIpc) is 3.19. The second-order valence-corrected chi connectivity index (χ2v) is 7.75. The fourth-order valence-electron chi connectivity index (χ4n) is 3.86. The minimum absolute atomic E-state index is 0.369. The molecule has 3 rings (SSSR count). The van der Waals surface area contributed by atoms with E-state index in [4.69, 9.17) is 4.74 Å². The van der Waals surface area contributed by atoms with Gasteiger partial charge in [-0.05, 0) is 50.9 Å². The van der Waals surface area contributed by atoms with Gasteiger partial charge >= 0.3 is 0 Å². The Hall–Kier alpha value is -0.120. The zero-order chi connectivity index (χ0) is 13.5. The van der Waals surface area contributed by atoms with Gasteiger partial charge in [-0.25, -0.2) is 0 Å². The van der Waals surface area contributed by atoms with Crippen molar-refractivity contribution in [3.63, 3.8) is 0 Å². The fourth-order valence-corrected chi connectivity index (χ4v) is 3.86. The summed E-state index contributed by atoms with van der Waals surface area (Å²) in [6, 6.07) is 0.673. The van der Waals surface area contributed by atoms with E-state index in [1.807, 2.05) is 0 Å². The summed E-state index contributed by atoms with van der Waals surface area (Å²) in [5, 5.41) is 3.82. The van der Waals surface area contributed by atoms with Crippen LogP contribution in [0.25, 0.3) is 0 Å². The highest BCUT2D eigenvalue weighted by molar-refractivity contribution is 5.04. The van der Waals surface area contributed by atoms with Crippen molar-refractivity contribution in [2.24, 2.45) is 11.3 Å². The summed E-state index contributed by atoms with van der Waals surface area (Å²) in [5.74, 6) is 0.921. The maximum absolute atomic E-state index is 5.54. The van der Waals surface area contributed by atoms with Gasteiger partial charge in [0.15, 0.2) is 0 Å². The van der Waals surface area contributed by atoms with E-state index in [9.17, 15) is 0 Å². The second-order valence-electron chi connectivity index (χ2n) is 7.75. The number of ether oxygens (including phenoxy) is 1. The first-order valence-corrected chi connectivity index (χ1v) is 8.08. The zero-order valence-corrected chi connectivity index (χ0v) is 12.9. The molecule has 2 heterocycles. The highest BCUT2D eigenvalue weighted by atomic mass is 16.5. The predicted octanol–water partition coefficient (Wildman–Crippen LogP) is 2.27. The Labute approximate surface area is 118 Å². The molecule has 0 aromatic heterocycles. The fraction of sp³-hybridized carbons (Fsp3) is 1.00. The van der Waals surface area contributed by atoms with Gasteiger partial charge in [-0.2, -0.15) is 0 Å². The lowest BCUT2D eigenvalue weighted by molar-refractivity contribution is -0.0179. The molecule has 0 spiro atoms. The maximum Gasteiger partial charge on any atom is 0.0471 e. The van der Waals surface area contributed by atoms with Gasteiger partial charge in [-0.3, -0.25) is 4.90 Å². The largest absolute Gasteiger partial charge is 0.381 e. The molecule has 2 aliphatic heterocycles. The third-order valence-corrected chi connectivity index (χ3v) is 5.72. The van der Waals surface area contributed by atoms with E-state index in [2.05, 4.69) is 31.0 Å². The summed E-state index contributed by atoms with van der Waals surface area (Å²) in [4.78, 5) is 2.75. The highest BCUT2D eigenvalue weighted by Gasteiger charge is 2.46. The quantitative estimate of drug-likeness (QED) is 0.848. The molecule has 1 saturated carbocycles. The van der Waals surface area contributed by atoms with Gasteiger partial charge in [-0.15, -0.1) is 0 Å². The van der Waals surface area contributed by atoms with Gasteiger partial charge < -0.3 is 10.1 Å². The Kier molecular flexibility index (Phi) is 3.65. The summed E-state index contributed by atoms with van der Waals surface area (Å²) in [6.07, 6.45) is 5.31. The molecule has 1 N–H and O–H groups in total. The third-order valence-electron chi connectivity index (χ3n) is 5.72. The van der Waals surface area contributed by atoms with Gasteiger partial charge in [0.25, 0.3) is 0 Å². The van der Waals surface area contributed by atoms with Crippen molar-refractivity contribution in [3.05, 3.63) is 0 Å². The standard InChI is InChI=1S/C16H30N2O/c1-13-10-17-16(3,14-4-5-14)12-18(13)11-15(2)6-8-19-9-7-15/h13-14,17H,4-12H2,1-3H3. The molecule has 1 aliphatic carbocycles. The number of piperazine rings is 1. The molecule has 0 radical (unpaired) electrons. The highest BCUT2D eigenvalue weighted by Crippen LogP contribution is 2.42. The Bertz CT molecular complexity index is 323. The lowest BCUT2D eigenvalue weighted by atomic mass is 9.80. The van der Waals surface area contributed by atoms with Crippen molar-refractivity contribution in [1.29, 1.82) is 0 Å². The van der Waals surface area contributed by atoms with Gasteiger partial charge in [0.05, 0.1) is 0 Å². The van der Waals surface area contributed by atoms with E-state index in [0.29, 0.717) is 17.0 Å². The molecule has 3 nitrogen and oxygen atoms in total. The van der Waals surface area contributed by atoms with Crippen molar-refractivity contribution in [1.82, 2.24) is 10.2 Å². The number of nitrogens with one attached hydrogen (secondary N) is 1. The van der Waals surface area contributed by atoms with E-state index in [1.54, 1.807) is 0 Å². The monoisotopic (exact) mass is 266 g/mol. The first kappa shape index (κ1) is 13.8. The molecule has 0 bridgehead atoms. The van der Waals surface area contributed by atoms with Crippen LogP contribution in [0.5, 0.6) is 0 Å². The second kappa shape index (κ2) is 5.01. The Morgan fingerprint density at radius 1 is 1.21 bits per heavy atom. The SMILES string of the molecule is CC1CNC(C)(C2CC2)CN1CC1(C)CCOCC1. The summed E-state index contributed by atoms with van der Waals surface area (Å²) >= 11 is 0. The third kappa shape index (κ3) is 2.98. The van der Waals surface area contributed by atoms with Crippen molar-refractivity contribution in [2.45, 2.75) is 58.0 Å². The van der Waals surface area contributed by atoms with Crippen LogP contribution in [0.1, 0.15) is 46.5 Å². The smallest absolute Gasteiger partial charge is 0.0471 e. The first-order chi connectivity index (χ1) is 9.01. The Morgan fingerprint density at radius 2 is 1.89 bits per heavy atom. The topological polar surface area (TPSA) is 24.5 Å². The van der Waals surface area contributed by atoms with E-state index in [-0.39, 0.29) is 0 Å². The number of rotatable bonds is 3. The zero-order valence-electron chi connectivity index (χ0n) is 12.9. The van der Waals surface area contributed by atoms with Crippen LogP contribution >= 0.6 is 0 Å². The van der Waals surface area contributed by atoms with Crippen molar-refractivity contribution >= 4 is 0 Å².